The van der Waals surface area contributed by atoms with Gasteiger partial charge >= 0.3 is 6.03 Å². The van der Waals surface area contributed by atoms with Crippen molar-refractivity contribution < 1.29 is 9.90 Å². The Morgan fingerprint density at radius 2 is 1.97 bits per heavy atom. The number of carbonyl (C=O) groups excluding carboxylic acids is 1. The summed E-state index contributed by atoms with van der Waals surface area (Å²) in [6.07, 6.45) is 12.4. The highest BCUT2D eigenvalue weighted by atomic mass is 16.3. The lowest BCUT2D eigenvalue weighted by molar-refractivity contribution is -0.0132. The van der Waals surface area contributed by atoms with Crippen molar-refractivity contribution in [1.82, 2.24) is 39.8 Å². The van der Waals surface area contributed by atoms with Gasteiger partial charge in [0.05, 0.1) is 36.0 Å². The second kappa shape index (κ2) is 9.76. The number of urea groups is 1. The number of rotatable bonds is 5. The van der Waals surface area contributed by atoms with Crippen molar-refractivity contribution in [3.05, 3.63) is 31.0 Å². The topological polar surface area (TPSA) is 139 Å². The summed E-state index contributed by atoms with van der Waals surface area (Å²) in [6.45, 7) is 3.08. The summed E-state index contributed by atoms with van der Waals surface area (Å²) in [5.41, 5.74) is 2.22. The van der Waals surface area contributed by atoms with Gasteiger partial charge in [-0.1, -0.05) is 0 Å². The average molecular weight is 504 g/mol. The third kappa shape index (κ3) is 4.55. The van der Waals surface area contributed by atoms with Crippen LogP contribution < -0.4 is 5.32 Å². The average Bonchev–Trinajstić information content (AvgIpc) is 3.58. The molecule has 0 atom stereocenters. The maximum absolute atomic E-state index is 12.7. The van der Waals surface area contributed by atoms with Crippen LogP contribution in [0.2, 0.25) is 0 Å². The van der Waals surface area contributed by atoms with Crippen LogP contribution >= 0.6 is 0 Å². The normalized spacial score (nSPS) is 28.5. The van der Waals surface area contributed by atoms with E-state index < -0.39 is 0 Å². The highest BCUT2D eigenvalue weighted by Gasteiger charge is 2.49. The molecule has 0 bridgehead atoms. The number of hydrogen-bond acceptors (Lipinski definition) is 7. The van der Waals surface area contributed by atoms with Gasteiger partial charge in [-0.25, -0.2) is 14.8 Å². The summed E-state index contributed by atoms with van der Waals surface area (Å²) in [7, 11) is 0. The lowest BCUT2D eigenvalue weighted by atomic mass is 9.70. The number of nitrogens with zero attached hydrogens (tertiary/aromatic N) is 7. The smallest absolute Gasteiger partial charge is 0.317 e. The number of nitrogens with one attached hydrogen (secondary N) is 2. The molecular formula is C26H33N9O2. The molecule has 2 aliphatic carbocycles. The molecule has 11 heteroatoms. The molecule has 6 rings (SSSR count). The minimum atomic E-state index is -0.317. The SMILES string of the molecule is N#CC[C@]1(n2cc(-c3ncnc4[nH]ccc34)cn2)C[C@H](N2CCN(C(=O)N[C@H]3CC[C@H](O)CC3)CC2)C1. The lowest BCUT2D eigenvalue weighted by Gasteiger charge is -2.52. The number of piperazine rings is 1. The molecule has 11 nitrogen and oxygen atoms in total. The highest BCUT2D eigenvalue weighted by molar-refractivity contribution is 5.90. The van der Waals surface area contributed by atoms with Gasteiger partial charge in [-0.05, 0) is 44.6 Å². The van der Waals surface area contributed by atoms with Crippen LogP contribution in [0.15, 0.2) is 31.0 Å². The van der Waals surface area contributed by atoms with Crippen molar-refractivity contribution in [1.29, 1.82) is 5.26 Å². The lowest BCUT2D eigenvalue weighted by Crippen LogP contribution is -2.61. The maximum atomic E-state index is 12.7. The predicted molar refractivity (Wildman–Crippen MR) is 136 cm³/mol. The zero-order valence-electron chi connectivity index (χ0n) is 20.9. The molecule has 37 heavy (non-hydrogen) atoms. The Balaban J connectivity index is 1.06. The zero-order valence-corrected chi connectivity index (χ0v) is 20.9. The Hall–Kier alpha value is -3.49. The summed E-state index contributed by atoms with van der Waals surface area (Å²) >= 11 is 0. The second-order valence-electron chi connectivity index (χ2n) is 10.7. The van der Waals surface area contributed by atoms with E-state index in [-0.39, 0.29) is 23.7 Å². The van der Waals surface area contributed by atoms with E-state index in [1.165, 1.54) is 0 Å². The highest BCUT2D eigenvalue weighted by Crippen LogP contribution is 2.45. The fourth-order valence-corrected chi connectivity index (χ4v) is 6.22. The molecule has 1 aliphatic heterocycles. The van der Waals surface area contributed by atoms with Gasteiger partial charge in [0.15, 0.2) is 0 Å². The number of carbonyl (C=O) groups is 1. The summed E-state index contributed by atoms with van der Waals surface area (Å²) in [5, 5.41) is 28.1. The summed E-state index contributed by atoms with van der Waals surface area (Å²) in [6, 6.07) is 4.91. The molecule has 2 saturated carbocycles. The Bertz CT molecular complexity index is 1290. The Labute approximate surface area is 215 Å². The molecule has 1 saturated heterocycles. The monoisotopic (exact) mass is 503 g/mol. The second-order valence-corrected chi connectivity index (χ2v) is 10.7. The fourth-order valence-electron chi connectivity index (χ4n) is 6.22. The molecule has 0 aromatic carbocycles. The molecule has 194 valence electrons. The first-order chi connectivity index (χ1) is 18.0. The van der Waals surface area contributed by atoms with E-state index in [0.29, 0.717) is 25.6 Å². The summed E-state index contributed by atoms with van der Waals surface area (Å²) < 4.78 is 1.97. The number of amides is 2. The van der Waals surface area contributed by atoms with Gasteiger partial charge in [-0.3, -0.25) is 9.58 Å². The maximum Gasteiger partial charge on any atom is 0.317 e. The quantitative estimate of drug-likeness (QED) is 0.485. The minimum Gasteiger partial charge on any atom is -0.393 e. The molecule has 2 amide bonds. The van der Waals surface area contributed by atoms with Crippen LogP contribution in [0.1, 0.15) is 44.9 Å². The molecule has 3 fully saturated rings. The van der Waals surface area contributed by atoms with Gasteiger partial charge < -0.3 is 20.3 Å². The van der Waals surface area contributed by atoms with Crippen LogP contribution in [-0.4, -0.2) is 90.0 Å². The van der Waals surface area contributed by atoms with E-state index in [0.717, 1.165) is 73.9 Å². The molecule has 3 N–H and O–H groups in total. The van der Waals surface area contributed by atoms with Crippen LogP contribution in [-0.2, 0) is 5.54 Å². The molecule has 0 radical (unpaired) electrons. The minimum absolute atomic E-state index is 0.0128. The first-order valence-electron chi connectivity index (χ1n) is 13.2. The number of hydrogen-bond donors (Lipinski definition) is 3. The van der Waals surface area contributed by atoms with Crippen molar-refractivity contribution in [2.45, 2.75) is 68.7 Å². The van der Waals surface area contributed by atoms with Gasteiger partial charge in [0.25, 0.3) is 0 Å². The summed E-state index contributed by atoms with van der Waals surface area (Å²) in [5.74, 6) is 0. The van der Waals surface area contributed by atoms with E-state index in [2.05, 4.69) is 36.3 Å². The van der Waals surface area contributed by atoms with Crippen LogP contribution in [0.3, 0.4) is 0 Å². The van der Waals surface area contributed by atoms with Gasteiger partial charge in [0.1, 0.15) is 12.0 Å². The van der Waals surface area contributed by atoms with E-state index in [1.54, 1.807) is 6.33 Å². The van der Waals surface area contributed by atoms with E-state index in [9.17, 15) is 15.2 Å². The molecular weight excluding hydrogens is 470 g/mol. The van der Waals surface area contributed by atoms with Crippen molar-refractivity contribution in [3.8, 4) is 17.3 Å². The van der Waals surface area contributed by atoms with Gasteiger partial charge in [0, 0.05) is 61.6 Å². The van der Waals surface area contributed by atoms with E-state index in [1.807, 2.05) is 34.2 Å². The number of aromatic nitrogens is 5. The molecule has 0 unspecified atom stereocenters. The molecule has 3 aromatic heterocycles. The number of aliphatic hydroxyl groups is 1. The van der Waals surface area contributed by atoms with Gasteiger partial charge in [-0.2, -0.15) is 10.4 Å². The van der Waals surface area contributed by atoms with Crippen LogP contribution in [0.4, 0.5) is 4.79 Å². The van der Waals surface area contributed by atoms with Crippen molar-refractivity contribution >= 4 is 17.1 Å². The van der Waals surface area contributed by atoms with Gasteiger partial charge in [-0.15, -0.1) is 0 Å². The van der Waals surface area contributed by atoms with Crippen molar-refractivity contribution in [2.75, 3.05) is 26.2 Å². The number of aromatic amines is 1. The first-order valence-corrected chi connectivity index (χ1v) is 13.2. The third-order valence-electron chi connectivity index (χ3n) is 8.48. The number of fused-ring (bicyclic) bond motifs is 1. The molecule has 0 spiro atoms. The van der Waals surface area contributed by atoms with E-state index in [4.69, 9.17) is 0 Å². The fraction of sp³-hybridized carbons (Fsp3) is 0.577. The first kappa shape index (κ1) is 23.9. The Morgan fingerprint density at radius 1 is 1.19 bits per heavy atom. The molecule has 3 aliphatic rings. The number of aliphatic hydroxyl groups excluding tert-OH is 1. The zero-order chi connectivity index (χ0) is 25.4. The third-order valence-corrected chi connectivity index (χ3v) is 8.48. The van der Waals surface area contributed by atoms with Crippen molar-refractivity contribution in [3.63, 3.8) is 0 Å². The van der Waals surface area contributed by atoms with Crippen LogP contribution in [0.25, 0.3) is 22.3 Å². The predicted octanol–water partition coefficient (Wildman–Crippen LogP) is 2.22. The number of H-pyrrole nitrogens is 1. The largest absolute Gasteiger partial charge is 0.393 e. The van der Waals surface area contributed by atoms with Crippen LogP contribution in [0, 0.1) is 11.3 Å². The van der Waals surface area contributed by atoms with Crippen LogP contribution in [0.5, 0.6) is 0 Å². The molecule has 4 heterocycles. The Kier molecular flexibility index (Phi) is 6.30. The van der Waals surface area contributed by atoms with E-state index >= 15 is 0 Å². The number of nitriles is 1. The molecule has 3 aromatic rings. The summed E-state index contributed by atoms with van der Waals surface area (Å²) in [4.78, 5) is 29.0. The van der Waals surface area contributed by atoms with Gasteiger partial charge in [0.2, 0.25) is 0 Å². The standard InChI is InChI=1S/C26H33N9O2/c27-7-6-26(35-16-18(15-31-35)23-22-5-8-28-24(22)30-17-29-23)13-20(14-26)33-9-11-34(12-10-33)25(37)32-19-1-3-21(36)4-2-19/h5,8,15-17,19-21,36H,1-4,6,9-14H2,(H,32,37)(H,28,29,30)/t19-,20-,21-,26-. The Morgan fingerprint density at radius 3 is 2.73 bits per heavy atom. The van der Waals surface area contributed by atoms with Crippen molar-refractivity contribution in [2.24, 2.45) is 0 Å².